The number of nitrogens with one attached hydrogen (secondary N) is 1. The summed E-state index contributed by atoms with van der Waals surface area (Å²) >= 11 is 7.16. The van der Waals surface area contributed by atoms with Crippen molar-refractivity contribution in [2.75, 3.05) is 5.32 Å². The lowest BCUT2D eigenvalue weighted by atomic mass is 10.0. The molecule has 0 radical (unpaired) electrons. The number of hydrogen-bond donors (Lipinski definition) is 1. The molecule has 2 aromatic rings. The van der Waals surface area contributed by atoms with Crippen LogP contribution in [0.1, 0.15) is 32.8 Å². The predicted molar refractivity (Wildman–Crippen MR) is 127 cm³/mol. The van der Waals surface area contributed by atoms with Gasteiger partial charge in [-0.2, -0.15) is 0 Å². The minimum Gasteiger partial charge on any atom is -0.325 e. The number of aliphatic imine (C=N–C) groups is 2. The van der Waals surface area contributed by atoms with E-state index >= 15 is 0 Å². The normalized spacial score (nSPS) is 18.3. The smallest absolute Gasteiger partial charge is 0.259 e. The Labute approximate surface area is 190 Å². The van der Waals surface area contributed by atoms with Gasteiger partial charge in [0.15, 0.2) is 5.17 Å². The fourth-order valence-electron chi connectivity index (χ4n) is 3.47. The second-order valence-electron chi connectivity index (χ2n) is 7.94. The second-order valence-corrected chi connectivity index (χ2v) is 9.68. The molecule has 0 bridgehead atoms. The average molecular weight is 455 g/mol. The van der Waals surface area contributed by atoms with Crippen LogP contribution in [-0.4, -0.2) is 39.0 Å². The van der Waals surface area contributed by atoms with E-state index in [0.717, 1.165) is 11.3 Å². The molecule has 2 unspecified atom stereocenters. The maximum Gasteiger partial charge on any atom is 0.259 e. The van der Waals surface area contributed by atoms with E-state index in [0.29, 0.717) is 34.1 Å². The van der Waals surface area contributed by atoms with Crippen LogP contribution in [0.25, 0.3) is 0 Å². The third kappa shape index (κ3) is 4.52. The van der Waals surface area contributed by atoms with Crippen molar-refractivity contribution < 1.29 is 9.59 Å². The molecule has 2 aromatic carbocycles. The van der Waals surface area contributed by atoms with Crippen LogP contribution < -0.4 is 5.32 Å². The Morgan fingerprint density at radius 2 is 1.87 bits per heavy atom. The number of halogens is 1. The van der Waals surface area contributed by atoms with Gasteiger partial charge in [-0.25, -0.2) is 9.89 Å². The van der Waals surface area contributed by atoms with Crippen LogP contribution in [0.15, 0.2) is 58.5 Å². The first-order valence-corrected chi connectivity index (χ1v) is 11.4. The van der Waals surface area contributed by atoms with Gasteiger partial charge >= 0.3 is 0 Å². The van der Waals surface area contributed by atoms with Gasteiger partial charge in [-0.15, -0.1) is 0 Å². The maximum atomic E-state index is 13.2. The van der Waals surface area contributed by atoms with Crippen molar-refractivity contribution in [3.63, 3.8) is 0 Å². The van der Waals surface area contributed by atoms with Gasteiger partial charge in [0.25, 0.3) is 5.91 Å². The predicted octanol–water partition coefficient (Wildman–Crippen LogP) is 5.11. The van der Waals surface area contributed by atoms with Crippen LogP contribution in [0.5, 0.6) is 0 Å². The molecule has 31 heavy (non-hydrogen) atoms. The molecule has 0 spiro atoms. The van der Waals surface area contributed by atoms with Crippen molar-refractivity contribution in [1.82, 2.24) is 4.90 Å². The molecular weight excluding hydrogens is 432 g/mol. The highest BCUT2D eigenvalue weighted by molar-refractivity contribution is 8.15. The second kappa shape index (κ2) is 8.85. The number of amides is 2. The fraction of sp³-hybridized carbons (Fsp3) is 0.304. The van der Waals surface area contributed by atoms with Crippen LogP contribution in [0.2, 0.25) is 5.02 Å². The van der Waals surface area contributed by atoms with E-state index in [1.807, 2.05) is 24.3 Å². The first kappa shape index (κ1) is 21.6. The molecule has 0 aromatic heterocycles. The molecule has 0 fully saturated rings. The molecule has 1 N–H and O–H groups in total. The SMILES string of the molecule is CC(C)CC1N=C2c3ccccc3N=C(SC(C)C(=O)Nc3ccc(Cl)cc3)N2C1=O. The Bertz CT molecular complexity index is 1080. The van der Waals surface area contributed by atoms with Crippen LogP contribution in [-0.2, 0) is 9.59 Å². The van der Waals surface area contributed by atoms with Crippen LogP contribution in [0.3, 0.4) is 0 Å². The number of amidine groups is 2. The summed E-state index contributed by atoms with van der Waals surface area (Å²) in [6.07, 6.45) is 0.672. The third-order valence-electron chi connectivity index (χ3n) is 5.01. The van der Waals surface area contributed by atoms with Gasteiger partial charge < -0.3 is 5.32 Å². The Morgan fingerprint density at radius 1 is 1.16 bits per heavy atom. The number of fused-ring (bicyclic) bond motifs is 3. The molecule has 2 amide bonds. The highest BCUT2D eigenvalue weighted by Crippen LogP contribution is 2.35. The zero-order chi connectivity index (χ0) is 22.1. The molecule has 6 nitrogen and oxygen atoms in total. The summed E-state index contributed by atoms with van der Waals surface area (Å²) < 4.78 is 0. The highest BCUT2D eigenvalue weighted by Gasteiger charge is 2.42. The topological polar surface area (TPSA) is 74.1 Å². The quantitative estimate of drug-likeness (QED) is 0.682. The van der Waals surface area contributed by atoms with Crippen molar-refractivity contribution in [1.29, 1.82) is 0 Å². The van der Waals surface area contributed by atoms with E-state index in [9.17, 15) is 9.59 Å². The molecule has 2 atom stereocenters. The van der Waals surface area contributed by atoms with Gasteiger partial charge in [-0.05, 0) is 55.7 Å². The van der Waals surface area contributed by atoms with Crippen LogP contribution >= 0.6 is 23.4 Å². The Balaban J connectivity index is 1.58. The molecule has 160 valence electrons. The van der Waals surface area contributed by atoms with Gasteiger partial charge in [0.2, 0.25) is 5.91 Å². The summed E-state index contributed by atoms with van der Waals surface area (Å²) in [5.74, 6) is 0.689. The number of hydrogen-bond acceptors (Lipinski definition) is 5. The molecule has 0 saturated carbocycles. The van der Waals surface area contributed by atoms with Gasteiger partial charge in [-0.3, -0.25) is 14.6 Å². The highest BCUT2D eigenvalue weighted by atomic mass is 35.5. The molecule has 4 rings (SSSR count). The largest absolute Gasteiger partial charge is 0.325 e. The lowest BCUT2D eigenvalue weighted by Gasteiger charge is -2.27. The molecule has 2 aliphatic rings. The van der Waals surface area contributed by atoms with Crippen molar-refractivity contribution >= 4 is 57.6 Å². The Kier molecular flexibility index (Phi) is 6.16. The Hall–Kier alpha value is -2.64. The summed E-state index contributed by atoms with van der Waals surface area (Å²) in [7, 11) is 0. The fourth-order valence-corrected chi connectivity index (χ4v) is 4.51. The zero-order valence-electron chi connectivity index (χ0n) is 17.5. The van der Waals surface area contributed by atoms with E-state index in [4.69, 9.17) is 21.6 Å². The monoisotopic (exact) mass is 454 g/mol. The van der Waals surface area contributed by atoms with E-state index in [1.165, 1.54) is 11.8 Å². The lowest BCUT2D eigenvalue weighted by molar-refractivity contribution is -0.125. The lowest BCUT2D eigenvalue weighted by Crippen LogP contribution is -2.42. The molecule has 0 saturated heterocycles. The molecular formula is C23H23ClN4O2S. The first-order chi connectivity index (χ1) is 14.8. The standard InChI is InChI=1S/C23H23ClN4O2S/c1-13(2)12-19-22(30)28-20(26-19)17-6-4-5-7-18(17)27-23(28)31-14(3)21(29)25-16-10-8-15(24)9-11-16/h4-11,13-14,19H,12H2,1-3H3,(H,25,29). The zero-order valence-corrected chi connectivity index (χ0v) is 19.1. The van der Waals surface area contributed by atoms with Crippen molar-refractivity contribution in [3.05, 3.63) is 59.1 Å². The summed E-state index contributed by atoms with van der Waals surface area (Å²) in [6.45, 7) is 5.94. The molecule has 2 aliphatic heterocycles. The van der Waals surface area contributed by atoms with Crippen LogP contribution in [0, 0.1) is 5.92 Å². The van der Waals surface area contributed by atoms with E-state index < -0.39 is 11.3 Å². The van der Waals surface area contributed by atoms with Crippen molar-refractivity contribution in [2.24, 2.45) is 15.9 Å². The van der Waals surface area contributed by atoms with Crippen molar-refractivity contribution in [3.8, 4) is 0 Å². The minimum atomic E-state index is -0.474. The molecule has 8 heteroatoms. The number of para-hydroxylation sites is 1. The number of rotatable bonds is 5. The summed E-state index contributed by atoms with van der Waals surface area (Å²) in [6, 6.07) is 14.1. The number of anilines is 1. The molecule has 0 aliphatic carbocycles. The average Bonchev–Trinajstić information content (AvgIpc) is 3.06. The van der Waals surface area contributed by atoms with E-state index in [2.05, 4.69) is 19.2 Å². The van der Waals surface area contributed by atoms with E-state index in [1.54, 1.807) is 36.1 Å². The summed E-state index contributed by atoms with van der Waals surface area (Å²) in [5, 5.41) is 3.48. The number of carbonyl (C=O) groups excluding carboxylic acids is 2. The first-order valence-electron chi connectivity index (χ1n) is 10.2. The third-order valence-corrected chi connectivity index (χ3v) is 6.31. The van der Waals surface area contributed by atoms with Gasteiger partial charge in [0.05, 0.1) is 10.9 Å². The van der Waals surface area contributed by atoms with Gasteiger partial charge in [0.1, 0.15) is 11.9 Å². The molecule has 2 heterocycles. The van der Waals surface area contributed by atoms with Crippen LogP contribution in [0.4, 0.5) is 11.4 Å². The number of benzene rings is 2. The number of nitrogens with zero attached hydrogens (tertiary/aromatic N) is 3. The van der Waals surface area contributed by atoms with E-state index in [-0.39, 0.29) is 11.8 Å². The minimum absolute atomic E-state index is 0.0882. The Morgan fingerprint density at radius 3 is 2.58 bits per heavy atom. The van der Waals surface area contributed by atoms with Gasteiger partial charge in [0, 0.05) is 16.3 Å². The summed E-state index contributed by atoms with van der Waals surface area (Å²) in [4.78, 5) is 36.9. The maximum absolute atomic E-state index is 13.2. The number of carbonyl (C=O) groups is 2. The van der Waals surface area contributed by atoms with Gasteiger partial charge in [-0.1, -0.05) is 49.3 Å². The van der Waals surface area contributed by atoms with Crippen molar-refractivity contribution in [2.45, 2.75) is 38.5 Å². The summed E-state index contributed by atoms with van der Waals surface area (Å²) in [5.41, 5.74) is 2.25. The number of thioether (sulfide) groups is 1.